The lowest BCUT2D eigenvalue weighted by atomic mass is 10.2. The molecule has 1 fully saturated rings. The standard InChI is InChI=1S/C10H11NO5/c12-9-5-15-10(16-6-9)7-1-3-8(4-2-7)11(13)14/h1-4,9-10,12H,5-6H2. The van der Waals surface area contributed by atoms with E-state index >= 15 is 0 Å². The highest BCUT2D eigenvalue weighted by Gasteiger charge is 2.22. The van der Waals surface area contributed by atoms with Crippen molar-refractivity contribution in [3.05, 3.63) is 39.9 Å². The molecular formula is C10H11NO5. The van der Waals surface area contributed by atoms with Gasteiger partial charge in [0.15, 0.2) is 6.29 Å². The molecule has 0 bridgehead atoms. The molecule has 1 aliphatic heterocycles. The number of benzene rings is 1. The fraction of sp³-hybridized carbons (Fsp3) is 0.400. The number of hydrogen-bond acceptors (Lipinski definition) is 5. The Hall–Kier alpha value is -1.50. The van der Waals surface area contributed by atoms with E-state index in [0.29, 0.717) is 5.56 Å². The van der Waals surface area contributed by atoms with E-state index < -0.39 is 17.3 Å². The molecule has 0 amide bonds. The molecule has 6 nitrogen and oxygen atoms in total. The van der Waals surface area contributed by atoms with Crippen molar-refractivity contribution in [1.82, 2.24) is 0 Å². The van der Waals surface area contributed by atoms with Gasteiger partial charge < -0.3 is 14.6 Å². The third-order valence-electron chi connectivity index (χ3n) is 2.26. The highest BCUT2D eigenvalue weighted by molar-refractivity contribution is 5.33. The van der Waals surface area contributed by atoms with Crippen molar-refractivity contribution in [2.24, 2.45) is 0 Å². The lowest BCUT2D eigenvalue weighted by Crippen LogP contribution is -2.30. The van der Waals surface area contributed by atoms with Crippen molar-refractivity contribution in [2.75, 3.05) is 13.2 Å². The summed E-state index contributed by atoms with van der Waals surface area (Å²) < 4.78 is 10.5. The maximum absolute atomic E-state index is 10.4. The second kappa shape index (κ2) is 4.56. The summed E-state index contributed by atoms with van der Waals surface area (Å²) in [6, 6.07) is 5.96. The predicted octanol–water partition coefficient (Wildman–Crippen LogP) is 1.00. The van der Waals surface area contributed by atoms with E-state index in [-0.39, 0.29) is 18.9 Å². The number of aliphatic hydroxyl groups excluding tert-OH is 1. The largest absolute Gasteiger partial charge is 0.388 e. The van der Waals surface area contributed by atoms with Crippen molar-refractivity contribution in [3.8, 4) is 0 Å². The van der Waals surface area contributed by atoms with Gasteiger partial charge in [-0.3, -0.25) is 10.1 Å². The first-order chi connectivity index (χ1) is 7.66. The van der Waals surface area contributed by atoms with Crippen LogP contribution >= 0.6 is 0 Å². The fourth-order valence-electron chi connectivity index (χ4n) is 1.44. The van der Waals surface area contributed by atoms with E-state index in [9.17, 15) is 10.1 Å². The van der Waals surface area contributed by atoms with Gasteiger partial charge in [-0.05, 0) is 12.1 Å². The van der Waals surface area contributed by atoms with E-state index in [2.05, 4.69) is 0 Å². The molecule has 1 aromatic rings. The number of aliphatic hydroxyl groups is 1. The monoisotopic (exact) mass is 225 g/mol. The smallest absolute Gasteiger partial charge is 0.269 e. The number of nitro benzene ring substituents is 1. The van der Waals surface area contributed by atoms with Crippen molar-refractivity contribution in [3.63, 3.8) is 0 Å². The van der Waals surface area contributed by atoms with Gasteiger partial charge in [-0.1, -0.05) is 0 Å². The summed E-state index contributed by atoms with van der Waals surface area (Å²) in [6.07, 6.45) is -1.15. The van der Waals surface area contributed by atoms with Crippen LogP contribution in [-0.4, -0.2) is 29.3 Å². The van der Waals surface area contributed by atoms with Crippen LogP contribution in [0.5, 0.6) is 0 Å². The van der Waals surface area contributed by atoms with Crippen LogP contribution in [0.3, 0.4) is 0 Å². The number of rotatable bonds is 2. The van der Waals surface area contributed by atoms with E-state index in [1.165, 1.54) is 12.1 Å². The van der Waals surface area contributed by atoms with Crippen LogP contribution < -0.4 is 0 Å². The van der Waals surface area contributed by atoms with Gasteiger partial charge in [0.05, 0.1) is 18.1 Å². The lowest BCUT2D eigenvalue weighted by molar-refractivity contribution is -0.384. The van der Waals surface area contributed by atoms with E-state index in [4.69, 9.17) is 14.6 Å². The van der Waals surface area contributed by atoms with Crippen molar-refractivity contribution in [1.29, 1.82) is 0 Å². The molecule has 1 saturated heterocycles. The summed E-state index contributed by atoms with van der Waals surface area (Å²) in [6.45, 7) is 0.420. The summed E-state index contributed by atoms with van der Waals surface area (Å²) in [5.41, 5.74) is 0.733. The van der Waals surface area contributed by atoms with Gasteiger partial charge in [-0.15, -0.1) is 0 Å². The Morgan fingerprint density at radius 3 is 2.31 bits per heavy atom. The van der Waals surface area contributed by atoms with E-state index in [1.54, 1.807) is 12.1 Å². The van der Waals surface area contributed by atoms with Crippen molar-refractivity contribution >= 4 is 5.69 Å². The number of hydrogen-bond donors (Lipinski definition) is 1. The quantitative estimate of drug-likeness (QED) is 0.599. The minimum Gasteiger partial charge on any atom is -0.388 e. The van der Waals surface area contributed by atoms with Crippen LogP contribution in [0.1, 0.15) is 11.9 Å². The third-order valence-corrected chi connectivity index (χ3v) is 2.26. The molecule has 86 valence electrons. The number of nitro groups is 1. The number of non-ortho nitro benzene ring substituents is 1. The molecule has 0 radical (unpaired) electrons. The Morgan fingerprint density at radius 1 is 1.25 bits per heavy atom. The van der Waals surface area contributed by atoms with Gasteiger partial charge in [0.1, 0.15) is 6.10 Å². The van der Waals surface area contributed by atoms with Gasteiger partial charge in [0, 0.05) is 17.7 Å². The maximum atomic E-state index is 10.4. The van der Waals surface area contributed by atoms with Gasteiger partial charge in [0.25, 0.3) is 5.69 Å². The van der Waals surface area contributed by atoms with Crippen molar-refractivity contribution in [2.45, 2.75) is 12.4 Å². The molecule has 2 rings (SSSR count). The van der Waals surface area contributed by atoms with E-state index in [0.717, 1.165) is 0 Å². The van der Waals surface area contributed by atoms with Crippen LogP contribution in [0.2, 0.25) is 0 Å². The molecule has 0 saturated carbocycles. The average Bonchev–Trinajstić information content (AvgIpc) is 2.30. The Balaban J connectivity index is 2.07. The average molecular weight is 225 g/mol. The third kappa shape index (κ3) is 2.35. The Kier molecular flexibility index (Phi) is 3.14. The summed E-state index contributed by atoms with van der Waals surface area (Å²) in [4.78, 5) is 9.98. The Bertz CT molecular complexity index is 369. The molecular weight excluding hydrogens is 214 g/mol. The van der Waals surface area contributed by atoms with Gasteiger partial charge >= 0.3 is 0 Å². The molecule has 1 aromatic carbocycles. The molecule has 1 aliphatic rings. The normalized spacial score (nSPS) is 25.3. The molecule has 1 N–H and O–H groups in total. The fourth-order valence-corrected chi connectivity index (χ4v) is 1.44. The van der Waals surface area contributed by atoms with Crippen LogP contribution in [0, 0.1) is 10.1 Å². The van der Waals surface area contributed by atoms with Crippen LogP contribution in [-0.2, 0) is 9.47 Å². The van der Waals surface area contributed by atoms with Gasteiger partial charge in [-0.2, -0.15) is 0 Å². The molecule has 0 spiro atoms. The highest BCUT2D eigenvalue weighted by atomic mass is 16.7. The zero-order valence-corrected chi connectivity index (χ0v) is 8.41. The zero-order chi connectivity index (χ0) is 11.5. The molecule has 0 atom stereocenters. The molecule has 16 heavy (non-hydrogen) atoms. The predicted molar refractivity (Wildman–Crippen MR) is 53.7 cm³/mol. The second-order valence-corrected chi connectivity index (χ2v) is 3.50. The molecule has 0 aromatic heterocycles. The summed E-state index contributed by atoms with van der Waals surface area (Å²) in [5.74, 6) is 0. The molecule has 0 aliphatic carbocycles. The molecule has 1 heterocycles. The topological polar surface area (TPSA) is 81.8 Å². The minimum absolute atomic E-state index is 0.0274. The number of ether oxygens (including phenoxy) is 2. The second-order valence-electron chi connectivity index (χ2n) is 3.50. The SMILES string of the molecule is O=[N+]([O-])c1ccc(C2OCC(O)CO2)cc1. The Labute approximate surface area is 91.6 Å². The first-order valence-corrected chi connectivity index (χ1v) is 4.82. The summed E-state index contributed by atoms with van der Waals surface area (Å²) >= 11 is 0. The molecule has 0 unspecified atom stereocenters. The van der Waals surface area contributed by atoms with E-state index in [1.807, 2.05) is 0 Å². The maximum Gasteiger partial charge on any atom is 0.269 e. The number of nitrogens with zero attached hydrogens (tertiary/aromatic N) is 1. The first-order valence-electron chi connectivity index (χ1n) is 4.82. The summed E-state index contributed by atoms with van der Waals surface area (Å²) in [7, 11) is 0. The highest BCUT2D eigenvalue weighted by Crippen LogP contribution is 2.24. The molecule has 6 heteroatoms. The summed E-state index contributed by atoms with van der Waals surface area (Å²) in [5, 5.41) is 19.6. The first kappa shape index (κ1) is 11.0. The van der Waals surface area contributed by atoms with Gasteiger partial charge in [0.2, 0.25) is 0 Å². The van der Waals surface area contributed by atoms with Crippen molar-refractivity contribution < 1.29 is 19.5 Å². The lowest BCUT2D eigenvalue weighted by Gasteiger charge is -2.26. The minimum atomic E-state index is -0.603. The van der Waals surface area contributed by atoms with Crippen LogP contribution in [0.4, 0.5) is 5.69 Å². The van der Waals surface area contributed by atoms with Gasteiger partial charge in [-0.25, -0.2) is 0 Å². The van der Waals surface area contributed by atoms with Crippen LogP contribution in [0.25, 0.3) is 0 Å². The Morgan fingerprint density at radius 2 is 1.81 bits per heavy atom. The zero-order valence-electron chi connectivity index (χ0n) is 8.41. The van der Waals surface area contributed by atoms with Crippen LogP contribution in [0.15, 0.2) is 24.3 Å².